The third kappa shape index (κ3) is 4.77. The highest BCUT2D eigenvalue weighted by atomic mass is 19.1. The van der Waals surface area contributed by atoms with Crippen LogP contribution in [0, 0.1) is 5.82 Å². The topological polar surface area (TPSA) is 105 Å². The number of nitrogens with two attached hydrogens (primary N) is 2. The van der Waals surface area contributed by atoms with Gasteiger partial charge in [0, 0.05) is 35.3 Å². The van der Waals surface area contributed by atoms with Gasteiger partial charge in [0.2, 0.25) is 0 Å². The molecule has 194 valence electrons. The van der Waals surface area contributed by atoms with Crippen LogP contribution in [0.5, 0.6) is 5.75 Å². The fourth-order valence-corrected chi connectivity index (χ4v) is 4.74. The summed E-state index contributed by atoms with van der Waals surface area (Å²) in [5, 5.41) is 6.26. The number of ether oxygens (including phenoxy) is 1. The quantitative estimate of drug-likeness (QED) is 0.266. The third-order valence-corrected chi connectivity index (χ3v) is 6.52. The molecule has 0 saturated carbocycles. The van der Waals surface area contributed by atoms with E-state index < -0.39 is 11.7 Å². The average Bonchev–Trinajstić information content (AvgIpc) is 3.26. The fraction of sp³-hybridized carbons (Fsp3) is 0.233. The number of aryl methyl sites for hydroxylation is 2. The maximum Gasteiger partial charge on any atom is 0.181 e. The summed E-state index contributed by atoms with van der Waals surface area (Å²) < 4.78 is 23.6. The number of anilines is 2. The van der Waals surface area contributed by atoms with Crippen molar-refractivity contribution >= 4 is 22.3 Å². The van der Waals surface area contributed by atoms with E-state index in [9.17, 15) is 0 Å². The number of fused-ring (bicyclic) bond motifs is 1. The van der Waals surface area contributed by atoms with Crippen molar-refractivity contribution in [3.63, 3.8) is 0 Å². The molecule has 0 radical (unpaired) electrons. The molecule has 0 aliphatic carbocycles. The van der Waals surface area contributed by atoms with E-state index in [1.807, 2.05) is 75.4 Å². The van der Waals surface area contributed by atoms with Crippen LogP contribution in [0.15, 0.2) is 66.7 Å². The molecule has 0 saturated heterocycles. The summed E-state index contributed by atoms with van der Waals surface area (Å²) in [5.74, 6) is 0.851. The molecule has 8 heteroatoms. The van der Waals surface area contributed by atoms with Crippen LogP contribution in [-0.2, 0) is 13.5 Å². The Morgan fingerprint density at radius 3 is 2.45 bits per heavy atom. The summed E-state index contributed by atoms with van der Waals surface area (Å²) in [6, 6.07) is 20.3. The molecule has 0 spiro atoms. The molecule has 5 aromatic rings. The molecule has 0 aliphatic rings. The molecule has 1 unspecified atom stereocenters. The van der Waals surface area contributed by atoms with Gasteiger partial charge in [-0.25, -0.2) is 14.4 Å². The van der Waals surface area contributed by atoms with E-state index in [-0.39, 0.29) is 6.10 Å². The molecule has 2 aromatic heterocycles. The first kappa shape index (κ1) is 25.2. The zero-order valence-corrected chi connectivity index (χ0v) is 21.9. The molecule has 0 fully saturated rings. The highest BCUT2D eigenvalue weighted by molar-refractivity contribution is 5.93. The van der Waals surface area contributed by atoms with Gasteiger partial charge in [-0.3, -0.25) is 4.68 Å². The van der Waals surface area contributed by atoms with Crippen molar-refractivity contribution in [3.8, 4) is 17.1 Å². The summed E-state index contributed by atoms with van der Waals surface area (Å²) in [7, 11) is 1.80. The first-order chi connectivity index (χ1) is 18.2. The van der Waals surface area contributed by atoms with Gasteiger partial charge in [-0.1, -0.05) is 37.3 Å². The van der Waals surface area contributed by atoms with E-state index in [1.165, 1.54) is 6.07 Å². The molecule has 2 heterocycles. The van der Waals surface area contributed by atoms with Crippen LogP contribution >= 0.6 is 0 Å². The largest absolute Gasteiger partial charge is 0.491 e. The first-order valence-electron chi connectivity index (χ1n) is 12.7. The average molecular weight is 511 g/mol. The standard InChI is InChI=1S/C30H31FN6O/c1-5-18-14-23(24(31)16-26(18)38-17(2)3)27(25-15-20-13-21(32)11-12-22(20)28(33)34-25)30-35-29(36-37(30)4)19-9-7-6-8-10-19/h6-17,27H,5,32H2,1-4H3,(H2,33,34). The minimum Gasteiger partial charge on any atom is -0.491 e. The molecule has 4 N–H and O–H groups in total. The lowest BCUT2D eigenvalue weighted by atomic mass is 9.90. The molecular weight excluding hydrogens is 479 g/mol. The summed E-state index contributed by atoms with van der Waals surface area (Å²) in [4.78, 5) is 9.61. The molecule has 0 amide bonds. The Morgan fingerprint density at radius 1 is 0.974 bits per heavy atom. The Morgan fingerprint density at radius 2 is 1.74 bits per heavy atom. The van der Waals surface area contributed by atoms with Crippen molar-refractivity contribution in [2.75, 3.05) is 11.5 Å². The number of aromatic nitrogens is 4. The molecule has 7 nitrogen and oxygen atoms in total. The second kappa shape index (κ2) is 10.1. The van der Waals surface area contributed by atoms with E-state index in [2.05, 4.69) is 5.10 Å². The van der Waals surface area contributed by atoms with Crippen LogP contribution < -0.4 is 16.2 Å². The van der Waals surface area contributed by atoms with Crippen LogP contribution in [0.2, 0.25) is 0 Å². The Balaban J connectivity index is 1.76. The summed E-state index contributed by atoms with van der Waals surface area (Å²) in [6.07, 6.45) is 0.584. The van der Waals surface area contributed by atoms with Gasteiger partial charge in [-0.15, -0.1) is 0 Å². The van der Waals surface area contributed by atoms with E-state index >= 15 is 4.39 Å². The van der Waals surface area contributed by atoms with Gasteiger partial charge in [0.1, 0.15) is 23.2 Å². The first-order valence-corrected chi connectivity index (χ1v) is 12.7. The lowest BCUT2D eigenvalue weighted by Crippen LogP contribution is -2.15. The van der Waals surface area contributed by atoms with E-state index in [4.69, 9.17) is 26.2 Å². The highest BCUT2D eigenvalue weighted by Gasteiger charge is 2.29. The number of hydrogen-bond donors (Lipinski definition) is 2. The smallest absolute Gasteiger partial charge is 0.181 e. The van der Waals surface area contributed by atoms with Crippen LogP contribution in [0.3, 0.4) is 0 Å². The van der Waals surface area contributed by atoms with Gasteiger partial charge in [-0.05, 0) is 61.5 Å². The van der Waals surface area contributed by atoms with Crippen molar-refractivity contribution in [1.29, 1.82) is 0 Å². The van der Waals surface area contributed by atoms with Crippen molar-refractivity contribution < 1.29 is 9.13 Å². The molecular formula is C30H31FN6O. The number of pyridine rings is 1. The van der Waals surface area contributed by atoms with E-state index in [0.717, 1.165) is 21.9 Å². The number of halogens is 1. The predicted octanol–water partition coefficient (Wildman–Crippen LogP) is 5.86. The maximum atomic E-state index is 16.0. The van der Waals surface area contributed by atoms with Crippen molar-refractivity contribution in [2.45, 2.75) is 39.2 Å². The zero-order chi connectivity index (χ0) is 27.0. The van der Waals surface area contributed by atoms with Gasteiger partial charge in [0.25, 0.3) is 0 Å². The number of hydrogen-bond acceptors (Lipinski definition) is 6. The number of rotatable bonds is 7. The Labute approximate surface area is 221 Å². The van der Waals surface area contributed by atoms with Crippen LogP contribution in [-0.4, -0.2) is 25.9 Å². The summed E-state index contributed by atoms with van der Waals surface area (Å²) in [6.45, 7) is 5.86. The predicted molar refractivity (Wildman–Crippen MR) is 149 cm³/mol. The van der Waals surface area contributed by atoms with Gasteiger partial charge in [0.15, 0.2) is 5.82 Å². The SMILES string of the molecule is CCc1cc(C(c2cc3cc(N)ccc3c(N)n2)c2nc(-c3ccccc3)nn2C)c(F)cc1OC(C)C. The highest BCUT2D eigenvalue weighted by Crippen LogP contribution is 2.38. The van der Waals surface area contributed by atoms with Crippen molar-refractivity contribution in [3.05, 3.63) is 95.2 Å². The number of benzene rings is 3. The monoisotopic (exact) mass is 510 g/mol. The molecule has 38 heavy (non-hydrogen) atoms. The van der Waals surface area contributed by atoms with Crippen molar-refractivity contribution in [1.82, 2.24) is 19.7 Å². The summed E-state index contributed by atoms with van der Waals surface area (Å²) >= 11 is 0. The molecule has 5 rings (SSSR count). The van der Waals surface area contributed by atoms with E-state index in [1.54, 1.807) is 17.8 Å². The molecule has 3 aromatic carbocycles. The third-order valence-electron chi connectivity index (χ3n) is 6.52. The normalized spacial score (nSPS) is 12.3. The molecule has 1 atom stereocenters. The lowest BCUT2D eigenvalue weighted by Gasteiger charge is -2.21. The van der Waals surface area contributed by atoms with Gasteiger partial charge < -0.3 is 16.2 Å². The van der Waals surface area contributed by atoms with Gasteiger partial charge in [-0.2, -0.15) is 5.10 Å². The van der Waals surface area contributed by atoms with Crippen molar-refractivity contribution in [2.24, 2.45) is 7.05 Å². The van der Waals surface area contributed by atoms with Crippen LogP contribution in [0.1, 0.15) is 49.3 Å². The fourth-order valence-electron chi connectivity index (χ4n) is 4.74. The second-order valence-corrected chi connectivity index (χ2v) is 9.63. The Hall–Kier alpha value is -4.46. The lowest BCUT2D eigenvalue weighted by molar-refractivity contribution is 0.239. The minimum atomic E-state index is -0.684. The number of nitrogen functional groups attached to an aromatic ring is 2. The maximum absolute atomic E-state index is 16.0. The zero-order valence-electron chi connectivity index (χ0n) is 21.9. The number of nitrogens with zero attached hydrogens (tertiary/aromatic N) is 4. The van der Waals surface area contributed by atoms with Gasteiger partial charge in [0.05, 0.1) is 17.7 Å². The molecule has 0 bridgehead atoms. The molecule has 0 aliphatic heterocycles. The Bertz CT molecular complexity index is 1610. The second-order valence-electron chi connectivity index (χ2n) is 9.63. The van der Waals surface area contributed by atoms with Gasteiger partial charge >= 0.3 is 0 Å². The van der Waals surface area contributed by atoms with Crippen LogP contribution in [0.4, 0.5) is 15.9 Å². The minimum absolute atomic E-state index is 0.0825. The summed E-state index contributed by atoms with van der Waals surface area (Å²) in [5.41, 5.74) is 15.8. The van der Waals surface area contributed by atoms with Crippen LogP contribution in [0.25, 0.3) is 22.2 Å². The van der Waals surface area contributed by atoms with E-state index in [0.29, 0.717) is 46.6 Å². The Kier molecular flexibility index (Phi) is 6.72.